The Bertz CT molecular complexity index is 477. The number of hydrogen-bond donors (Lipinski definition) is 1. The summed E-state index contributed by atoms with van der Waals surface area (Å²) in [7, 11) is -3.25. The molecule has 1 unspecified atom stereocenters. The summed E-state index contributed by atoms with van der Waals surface area (Å²) >= 11 is 11.5. The van der Waals surface area contributed by atoms with Gasteiger partial charge in [-0.15, -0.1) is 11.6 Å². The average Bonchev–Trinajstić information content (AvgIpc) is 2.29. The molecule has 1 aromatic carbocycles. The summed E-state index contributed by atoms with van der Waals surface area (Å²) in [5.41, 5.74) is 0.937. The fraction of sp³-hybridized carbons (Fsp3) is 0.500. The molecule has 0 amide bonds. The zero-order chi connectivity index (χ0) is 13.6. The van der Waals surface area contributed by atoms with E-state index in [1.165, 1.54) is 0 Å². The molecule has 0 radical (unpaired) electrons. The molecule has 18 heavy (non-hydrogen) atoms. The Morgan fingerprint density at radius 2 is 2.00 bits per heavy atom. The molecule has 0 aliphatic heterocycles. The minimum atomic E-state index is -3.25. The highest BCUT2D eigenvalue weighted by atomic mass is 35.5. The van der Waals surface area contributed by atoms with Crippen LogP contribution >= 0.6 is 23.2 Å². The fourth-order valence-electron chi connectivity index (χ4n) is 1.65. The number of hydrogen-bond acceptors (Lipinski definition) is 2. The van der Waals surface area contributed by atoms with Crippen LogP contribution in [0.2, 0.25) is 5.02 Å². The first-order valence-electron chi connectivity index (χ1n) is 5.74. The van der Waals surface area contributed by atoms with Crippen LogP contribution in [0.15, 0.2) is 24.3 Å². The van der Waals surface area contributed by atoms with Gasteiger partial charge >= 0.3 is 0 Å². The average molecular weight is 310 g/mol. The lowest BCUT2D eigenvalue weighted by atomic mass is 10.1. The molecule has 6 heteroatoms. The Morgan fingerprint density at radius 1 is 1.33 bits per heavy atom. The number of alkyl halides is 1. The van der Waals surface area contributed by atoms with Gasteiger partial charge in [-0.25, -0.2) is 13.1 Å². The molecule has 3 nitrogen and oxygen atoms in total. The second-order valence-corrected chi connectivity index (χ2v) is 6.83. The number of benzene rings is 1. The van der Waals surface area contributed by atoms with Crippen LogP contribution in [0.5, 0.6) is 0 Å². The van der Waals surface area contributed by atoms with Crippen LogP contribution in [-0.4, -0.2) is 26.1 Å². The molecule has 0 aliphatic carbocycles. The second-order valence-electron chi connectivity index (χ2n) is 4.18. The Hall–Kier alpha value is -0.290. The number of nitrogens with one attached hydrogen (secondary N) is 1. The lowest BCUT2D eigenvalue weighted by Crippen LogP contribution is -2.35. The Balaban J connectivity index is 2.57. The van der Waals surface area contributed by atoms with Crippen LogP contribution in [0.25, 0.3) is 0 Å². The van der Waals surface area contributed by atoms with Gasteiger partial charge in [0.25, 0.3) is 0 Å². The second kappa shape index (κ2) is 7.34. The van der Waals surface area contributed by atoms with Crippen LogP contribution in [0, 0.1) is 0 Å². The van der Waals surface area contributed by atoms with Crippen LogP contribution < -0.4 is 4.72 Å². The van der Waals surface area contributed by atoms with Crippen LogP contribution in [0.4, 0.5) is 0 Å². The van der Waals surface area contributed by atoms with E-state index in [1.54, 1.807) is 6.07 Å². The van der Waals surface area contributed by atoms with E-state index in [9.17, 15) is 8.42 Å². The summed E-state index contributed by atoms with van der Waals surface area (Å²) in [6.45, 7) is 1.82. The van der Waals surface area contributed by atoms with Crippen LogP contribution in [0.3, 0.4) is 0 Å². The van der Waals surface area contributed by atoms with E-state index >= 15 is 0 Å². The summed E-state index contributed by atoms with van der Waals surface area (Å²) in [6, 6.07) is 7.24. The zero-order valence-electron chi connectivity index (χ0n) is 10.2. The molecule has 1 aromatic rings. The highest BCUT2D eigenvalue weighted by Crippen LogP contribution is 2.16. The predicted octanol–water partition coefficient (Wildman–Crippen LogP) is 2.82. The van der Waals surface area contributed by atoms with E-state index in [1.807, 2.05) is 25.1 Å². The molecule has 0 spiro atoms. The molecular weight excluding hydrogens is 293 g/mol. The smallest absolute Gasteiger partial charge is 0.211 e. The van der Waals surface area contributed by atoms with E-state index in [0.717, 1.165) is 5.56 Å². The van der Waals surface area contributed by atoms with Crippen LogP contribution in [-0.2, 0) is 16.4 Å². The molecule has 0 aliphatic rings. The van der Waals surface area contributed by atoms with Crippen molar-refractivity contribution in [2.45, 2.75) is 25.8 Å². The van der Waals surface area contributed by atoms with Gasteiger partial charge in [0.2, 0.25) is 10.0 Å². The summed E-state index contributed by atoms with van der Waals surface area (Å²) in [6.07, 6.45) is 1.02. The third-order valence-corrected chi connectivity index (χ3v) is 4.63. The Labute approximate surface area is 119 Å². The maximum absolute atomic E-state index is 11.7. The number of rotatable bonds is 7. The van der Waals surface area contributed by atoms with Crippen LogP contribution in [0.1, 0.15) is 18.9 Å². The van der Waals surface area contributed by atoms with E-state index < -0.39 is 10.0 Å². The molecule has 102 valence electrons. The van der Waals surface area contributed by atoms with E-state index in [2.05, 4.69) is 4.72 Å². The van der Waals surface area contributed by atoms with E-state index in [-0.39, 0.29) is 11.8 Å². The lowest BCUT2D eigenvalue weighted by Gasteiger charge is -2.14. The Kier molecular flexibility index (Phi) is 6.43. The molecule has 0 aromatic heterocycles. The standard InChI is InChI=1S/C12H17Cl2NO2S/c1-10(15-18(16,17)8-4-7-13)9-11-5-2-3-6-12(11)14/h2-3,5-6,10,15H,4,7-9H2,1H3. The molecule has 1 N–H and O–H groups in total. The van der Waals surface area contributed by atoms with Gasteiger partial charge in [0, 0.05) is 16.9 Å². The predicted molar refractivity (Wildman–Crippen MR) is 76.9 cm³/mol. The highest BCUT2D eigenvalue weighted by Gasteiger charge is 2.15. The molecule has 0 heterocycles. The Morgan fingerprint density at radius 3 is 2.61 bits per heavy atom. The van der Waals surface area contributed by atoms with Gasteiger partial charge in [-0.2, -0.15) is 0 Å². The largest absolute Gasteiger partial charge is 0.212 e. The topological polar surface area (TPSA) is 46.2 Å². The third-order valence-electron chi connectivity index (χ3n) is 2.41. The van der Waals surface area contributed by atoms with Crippen molar-refractivity contribution >= 4 is 33.2 Å². The van der Waals surface area contributed by atoms with Gasteiger partial charge in [0.1, 0.15) is 0 Å². The van der Waals surface area contributed by atoms with Crippen molar-refractivity contribution in [3.8, 4) is 0 Å². The summed E-state index contributed by atoms with van der Waals surface area (Å²) in [5, 5.41) is 0.657. The maximum Gasteiger partial charge on any atom is 0.211 e. The van der Waals surface area contributed by atoms with Gasteiger partial charge in [-0.1, -0.05) is 29.8 Å². The normalized spacial score (nSPS) is 13.5. The molecular formula is C12H17Cl2NO2S. The first-order chi connectivity index (χ1) is 8.44. The van der Waals surface area contributed by atoms with Gasteiger partial charge in [0.05, 0.1) is 5.75 Å². The minimum Gasteiger partial charge on any atom is -0.212 e. The van der Waals surface area contributed by atoms with Crippen molar-refractivity contribution in [1.82, 2.24) is 4.72 Å². The van der Waals surface area contributed by atoms with Crippen molar-refractivity contribution in [2.24, 2.45) is 0 Å². The van der Waals surface area contributed by atoms with Crippen molar-refractivity contribution in [3.05, 3.63) is 34.9 Å². The zero-order valence-corrected chi connectivity index (χ0v) is 12.5. The van der Waals surface area contributed by atoms with E-state index in [0.29, 0.717) is 23.7 Å². The number of sulfonamides is 1. The van der Waals surface area contributed by atoms with Gasteiger partial charge in [-0.05, 0) is 31.4 Å². The SMILES string of the molecule is CC(Cc1ccccc1Cl)NS(=O)(=O)CCCCl. The maximum atomic E-state index is 11.7. The fourth-order valence-corrected chi connectivity index (χ4v) is 3.49. The van der Waals surface area contributed by atoms with Gasteiger partial charge in [0.15, 0.2) is 0 Å². The third kappa shape index (κ3) is 5.57. The molecule has 0 saturated heterocycles. The van der Waals surface area contributed by atoms with Gasteiger partial charge < -0.3 is 0 Å². The van der Waals surface area contributed by atoms with Crippen molar-refractivity contribution in [1.29, 1.82) is 0 Å². The molecule has 0 saturated carbocycles. The van der Waals surface area contributed by atoms with E-state index in [4.69, 9.17) is 23.2 Å². The van der Waals surface area contributed by atoms with Crippen molar-refractivity contribution < 1.29 is 8.42 Å². The number of halogens is 2. The first-order valence-corrected chi connectivity index (χ1v) is 8.30. The minimum absolute atomic E-state index is 0.0589. The molecule has 0 fully saturated rings. The quantitative estimate of drug-likeness (QED) is 0.787. The van der Waals surface area contributed by atoms with Crippen molar-refractivity contribution in [3.63, 3.8) is 0 Å². The monoisotopic (exact) mass is 309 g/mol. The molecule has 0 bridgehead atoms. The summed E-state index contributed by atoms with van der Waals surface area (Å²) in [4.78, 5) is 0. The van der Waals surface area contributed by atoms with Gasteiger partial charge in [-0.3, -0.25) is 0 Å². The summed E-state index contributed by atoms with van der Waals surface area (Å²) < 4.78 is 26.0. The lowest BCUT2D eigenvalue weighted by molar-refractivity contribution is 0.558. The van der Waals surface area contributed by atoms with Crippen molar-refractivity contribution in [2.75, 3.05) is 11.6 Å². The highest BCUT2D eigenvalue weighted by molar-refractivity contribution is 7.89. The summed E-state index contributed by atoms with van der Waals surface area (Å²) in [5.74, 6) is 0.406. The molecule has 1 rings (SSSR count). The first kappa shape index (κ1) is 15.8. The molecule has 1 atom stereocenters.